The molecule has 2 aromatic rings. The molecule has 1 fully saturated rings. The van der Waals surface area contributed by atoms with Crippen LogP contribution < -0.4 is 14.4 Å². The molecule has 1 amide bonds. The molecular formula is C21H26FN3O6S2. The number of hydrogen-bond donors (Lipinski definition) is 1. The SMILES string of the molecule is CS(=O)(=O)N(CC(=O)NCCOc1ccc(S(=O)(=O)N2CCCC2)cc1)c1ccccc1F. The number of anilines is 1. The highest BCUT2D eigenvalue weighted by molar-refractivity contribution is 7.92. The third-order valence-corrected chi connectivity index (χ3v) is 8.07. The van der Waals surface area contributed by atoms with Crippen LogP contribution in [0.1, 0.15) is 12.8 Å². The Bertz CT molecular complexity index is 1180. The number of sulfonamides is 2. The van der Waals surface area contributed by atoms with Gasteiger partial charge >= 0.3 is 0 Å². The maximum atomic E-state index is 14.0. The number of hydrogen-bond acceptors (Lipinski definition) is 6. The van der Waals surface area contributed by atoms with E-state index in [4.69, 9.17) is 4.74 Å². The monoisotopic (exact) mass is 499 g/mol. The highest BCUT2D eigenvalue weighted by atomic mass is 32.2. The molecule has 3 rings (SSSR count). The Morgan fingerprint density at radius 3 is 2.30 bits per heavy atom. The molecular weight excluding hydrogens is 473 g/mol. The zero-order chi connectivity index (χ0) is 24.1. The fourth-order valence-electron chi connectivity index (χ4n) is 3.37. The minimum atomic E-state index is -3.88. The van der Waals surface area contributed by atoms with Gasteiger partial charge in [-0.1, -0.05) is 12.1 Å². The number of halogens is 1. The van der Waals surface area contributed by atoms with Crippen molar-refractivity contribution in [3.63, 3.8) is 0 Å². The van der Waals surface area contributed by atoms with Gasteiger partial charge in [-0.3, -0.25) is 9.10 Å². The summed E-state index contributed by atoms with van der Waals surface area (Å²) in [5.74, 6) is -0.956. The van der Waals surface area contributed by atoms with Crippen LogP contribution in [-0.4, -0.2) is 66.1 Å². The molecule has 0 atom stereocenters. The van der Waals surface area contributed by atoms with E-state index in [-0.39, 0.29) is 23.7 Å². The third kappa shape index (κ3) is 6.42. The van der Waals surface area contributed by atoms with Crippen LogP contribution >= 0.6 is 0 Å². The Labute approximate surface area is 193 Å². The van der Waals surface area contributed by atoms with Gasteiger partial charge in [0.25, 0.3) is 0 Å². The van der Waals surface area contributed by atoms with E-state index in [9.17, 15) is 26.0 Å². The van der Waals surface area contributed by atoms with E-state index in [2.05, 4.69) is 5.32 Å². The number of para-hydroxylation sites is 1. The van der Waals surface area contributed by atoms with Crippen molar-refractivity contribution in [3.8, 4) is 5.75 Å². The van der Waals surface area contributed by atoms with Crippen molar-refractivity contribution in [1.29, 1.82) is 0 Å². The minimum Gasteiger partial charge on any atom is -0.492 e. The maximum Gasteiger partial charge on any atom is 0.243 e. The molecule has 0 bridgehead atoms. The molecule has 0 aromatic heterocycles. The lowest BCUT2D eigenvalue weighted by atomic mass is 10.3. The van der Waals surface area contributed by atoms with Crippen LogP contribution in [0.25, 0.3) is 0 Å². The summed E-state index contributed by atoms with van der Waals surface area (Å²) in [7, 11) is -7.38. The lowest BCUT2D eigenvalue weighted by Gasteiger charge is -2.22. The van der Waals surface area contributed by atoms with Crippen LogP contribution in [0.15, 0.2) is 53.4 Å². The molecule has 1 N–H and O–H groups in total. The predicted octanol–water partition coefficient (Wildman–Crippen LogP) is 1.57. The van der Waals surface area contributed by atoms with E-state index in [1.807, 2.05) is 0 Å². The van der Waals surface area contributed by atoms with Gasteiger partial charge in [-0.2, -0.15) is 4.31 Å². The van der Waals surface area contributed by atoms with Gasteiger partial charge in [0.2, 0.25) is 26.0 Å². The average molecular weight is 500 g/mol. The Balaban J connectivity index is 1.50. The van der Waals surface area contributed by atoms with Gasteiger partial charge < -0.3 is 10.1 Å². The highest BCUT2D eigenvalue weighted by Gasteiger charge is 2.27. The van der Waals surface area contributed by atoms with Crippen LogP contribution in [0.3, 0.4) is 0 Å². The zero-order valence-corrected chi connectivity index (χ0v) is 19.7. The topological polar surface area (TPSA) is 113 Å². The number of rotatable bonds is 10. The van der Waals surface area contributed by atoms with Crippen molar-refractivity contribution < 1.29 is 30.8 Å². The van der Waals surface area contributed by atoms with Crippen molar-refractivity contribution in [2.45, 2.75) is 17.7 Å². The van der Waals surface area contributed by atoms with Crippen LogP contribution in [-0.2, 0) is 24.8 Å². The van der Waals surface area contributed by atoms with Crippen molar-refractivity contribution in [2.75, 3.05) is 43.3 Å². The standard InChI is InChI=1S/C21H26FN3O6S2/c1-32(27,28)25(20-7-3-2-6-19(20)22)16-21(26)23-12-15-31-17-8-10-18(11-9-17)33(29,30)24-13-4-5-14-24/h2-3,6-11H,4-5,12-16H2,1H3,(H,23,26). The summed E-state index contributed by atoms with van der Waals surface area (Å²) in [5.41, 5.74) is -0.213. The second kappa shape index (κ2) is 10.5. The Kier molecular flexibility index (Phi) is 7.92. The number of nitrogens with one attached hydrogen (secondary N) is 1. The highest BCUT2D eigenvalue weighted by Crippen LogP contribution is 2.23. The molecule has 0 radical (unpaired) electrons. The smallest absolute Gasteiger partial charge is 0.243 e. The number of carbonyl (C=O) groups is 1. The Morgan fingerprint density at radius 2 is 1.70 bits per heavy atom. The molecule has 0 saturated carbocycles. The first kappa shape index (κ1) is 24.9. The number of carbonyl (C=O) groups excluding carboxylic acids is 1. The van der Waals surface area contributed by atoms with E-state index < -0.39 is 38.3 Å². The molecule has 2 aromatic carbocycles. The summed E-state index contributed by atoms with van der Waals surface area (Å²) in [6.07, 6.45) is 2.60. The van der Waals surface area contributed by atoms with Crippen LogP contribution in [0.5, 0.6) is 5.75 Å². The Hall–Kier alpha value is -2.70. The van der Waals surface area contributed by atoms with Gasteiger partial charge in [0, 0.05) is 13.1 Å². The van der Waals surface area contributed by atoms with Crippen molar-refractivity contribution in [3.05, 3.63) is 54.3 Å². The quantitative estimate of drug-likeness (QED) is 0.497. The lowest BCUT2D eigenvalue weighted by Crippen LogP contribution is -2.41. The zero-order valence-electron chi connectivity index (χ0n) is 18.1. The average Bonchev–Trinajstić information content (AvgIpc) is 3.31. The third-order valence-electron chi connectivity index (χ3n) is 5.03. The van der Waals surface area contributed by atoms with Gasteiger partial charge in [0.15, 0.2) is 0 Å². The summed E-state index contributed by atoms with van der Waals surface area (Å²) in [6.45, 7) is 0.606. The summed E-state index contributed by atoms with van der Waals surface area (Å²) < 4.78 is 70.8. The van der Waals surface area contributed by atoms with Gasteiger partial charge in [-0.05, 0) is 49.2 Å². The second-order valence-electron chi connectivity index (χ2n) is 7.50. The molecule has 33 heavy (non-hydrogen) atoms. The maximum absolute atomic E-state index is 14.0. The molecule has 1 aliphatic heterocycles. The van der Waals surface area contributed by atoms with Crippen molar-refractivity contribution in [1.82, 2.24) is 9.62 Å². The van der Waals surface area contributed by atoms with E-state index in [1.54, 1.807) is 0 Å². The van der Waals surface area contributed by atoms with E-state index in [0.29, 0.717) is 23.1 Å². The molecule has 180 valence electrons. The number of amides is 1. The van der Waals surface area contributed by atoms with E-state index in [1.165, 1.54) is 46.8 Å². The normalized spacial score (nSPS) is 14.7. The van der Waals surface area contributed by atoms with Crippen LogP contribution in [0.4, 0.5) is 10.1 Å². The van der Waals surface area contributed by atoms with Gasteiger partial charge in [0.1, 0.15) is 24.7 Å². The first-order chi connectivity index (χ1) is 15.6. The van der Waals surface area contributed by atoms with Crippen LogP contribution in [0.2, 0.25) is 0 Å². The van der Waals surface area contributed by atoms with Gasteiger partial charge in [0.05, 0.1) is 23.4 Å². The molecule has 12 heteroatoms. The minimum absolute atomic E-state index is 0.0710. The van der Waals surface area contributed by atoms with Gasteiger partial charge in [-0.25, -0.2) is 21.2 Å². The van der Waals surface area contributed by atoms with E-state index in [0.717, 1.165) is 25.2 Å². The largest absolute Gasteiger partial charge is 0.492 e. The summed E-state index contributed by atoms with van der Waals surface area (Å²) in [4.78, 5) is 12.4. The van der Waals surface area contributed by atoms with Crippen molar-refractivity contribution in [2.24, 2.45) is 0 Å². The van der Waals surface area contributed by atoms with Crippen molar-refractivity contribution >= 4 is 31.6 Å². The Morgan fingerprint density at radius 1 is 1.06 bits per heavy atom. The molecule has 9 nitrogen and oxygen atoms in total. The first-order valence-corrected chi connectivity index (χ1v) is 13.6. The van der Waals surface area contributed by atoms with Gasteiger partial charge in [-0.15, -0.1) is 0 Å². The second-order valence-corrected chi connectivity index (χ2v) is 11.3. The predicted molar refractivity (Wildman–Crippen MR) is 122 cm³/mol. The number of ether oxygens (including phenoxy) is 1. The number of nitrogens with zero attached hydrogens (tertiary/aromatic N) is 2. The van der Waals surface area contributed by atoms with Crippen LogP contribution in [0, 0.1) is 5.82 Å². The molecule has 1 heterocycles. The molecule has 1 aliphatic rings. The first-order valence-electron chi connectivity index (χ1n) is 10.3. The van der Waals surface area contributed by atoms with E-state index >= 15 is 0 Å². The number of benzene rings is 2. The summed E-state index contributed by atoms with van der Waals surface area (Å²) in [6, 6.07) is 11.3. The summed E-state index contributed by atoms with van der Waals surface area (Å²) in [5, 5.41) is 2.52. The summed E-state index contributed by atoms with van der Waals surface area (Å²) >= 11 is 0. The fourth-order valence-corrected chi connectivity index (χ4v) is 5.74. The molecule has 1 saturated heterocycles. The molecule has 0 aliphatic carbocycles. The lowest BCUT2D eigenvalue weighted by molar-refractivity contribution is -0.119. The fraction of sp³-hybridized carbons (Fsp3) is 0.381. The molecule has 0 unspecified atom stereocenters. The molecule has 0 spiro atoms.